The molecule has 1 aliphatic rings. The van der Waals surface area contributed by atoms with Crippen molar-refractivity contribution in [1.29, 1.82) is 0 Å². The summed E-state index contributed by atoms with van der Waals surface area (Å²) in [5.74, 6) is -0.608. The zero-order chi connectivity index (χ0) is 18.5. The van der Waals surface area contributed by atoms with Crippen LogP contribution in [0.4, 0.5) is 11.4 Å². The molecule has 0 atom stereocenters. The van der Waals surface area contributed by atoms with Gasteiger partial charge in [-0.05, 0) is 42.8 Å². The second-order valence-corrected chi connectivity index (χ2v) is 5.89. The molecule has 2 aromatic carbocycles. The highest BCUT2D eigenvalue weighted by Crippen LogP contribution is 2.23. The van der Waals surface area contributed by atoms with Gasteiger partial charge in [-0.2, -0.15) is 0 Å². The van der Waals surface area contributed by atoms with Crippen LogP contribution in [0, 0.1) is 0 Å². The molecule has 0 aromatic heterocycles. The van der Waals surface area contributed by atoms with Crippen molar-refractivity contribution in [3.05, 3.63) is 54.1 Å². The highest BCUT2D eigenvalue weighted by atomic mass is 16.5. The second kappa shape index (κ2) is 7.69. The first-order chi connectivity index (χ1) is 12.5. The van der Waals surface area contributed by atoms with Crippen molar-refractivity contribution in [2.45, 2.75) is 12.8 Å². The topological polar surface area (TPSA) is 102 Å². The minimum absolute atomic E-state index is 0.114. The monoisotopic (exact) mass is 353 g/mol. The molecule has 134 valence electrons. The lowest BCUT2D eigenvalue weighted by molar-refractivity contribution is -0.118. The molecule has 26 heavy (non-hydrogen) atoms. The van der Waals surface area contributed by atoms with Crippen LogP contribution in [-0.2, 0) is 9.59 Å². The summed E-state index contributed by atoms with van der Waals surface area (Å²) in [4.78, 5) is 36.8. The summed E-state index contributed by atoms with van der Waals surface area (Å²) in [6, 6.07) is 13.5. The van der Waals surface area contributed by atoms with Gasteiger partial charge in [-0.1, -0.05) is 12.1 Å². The molecule has 0 radical (unpaired) electrons. The van der Waals surface area contributed by atoms with E-state index < -0.39 is 5.91 Å². The largest absolute Gasteiger partial charge is 0.483 e. The van der Waals surface area contributed by atoms with Crippen LogP contribution in [0.25, 0.3) is 0 Å². The number of amides is 3. The smallest absolute Gasteiger partial charge is 0.262 e. The number of anilines is 2. The number of nitrogens with zero attached hydrogens (tertiary/aromatic N) is 1. The first kappa shape index (κ1) is 17.5. The van der Waals surface area contributed by atoms with E-state index in [2.05, 4.69) is 5.32 Å². The van der Waals surface area contributed by atoms with E-state index in [1.807, 2.05) is 0 Å². The van der Waals surface area contributed by atoms with Gasteiger partial charge in [0.05, 0.1) is 5.56 Å². The Morgan fingerprint density at radius 2 is 1.85 bits per heavy atom. The van der Waals surface area contributed by atoms with Gasteiger partial charge in [-0.25, -0.2) is 0 Å². The van der Waals surface area contributed by atoms with E-state index in [9.17, 15) is 14.4 Å². The molecule has 1 saturated heterocycles. The van der Waals surface area contributed by atoms with Crippen molar-refractivity contribution >= 4 is 29.1 Å². The number of rotatable bonds is 6. The van der Waals surface area contributed by atoms with Crippen LogP contribution in [0.15, 0.2) is 48.5 Å². The van der Waals surface area contributed by atoms with Crippen molar-refractivity contribution < 1.29 is 19.1 Å². The summed E-state index contributed by atoms with van der Waals surface area (Å²) in [5, 5.41) is 2.71. The third-order valence-corrected chi connectivity index (χ3v) is 4.05. The van der Waals surface area contributed by atoms with E-state index in [1.54, 1.807) is 47.4 Å². The maximum Gasteiger partial charge on any atom is 0.262 e. The summed E-state index contributed by atoms with van der Waals surface area (Å²) in [7, 11) is 0. The normalized spacial score (nSPS) is 13.5. The zero-order valence-corrected chi connectivity index (χ0v) is 14.1. The zero-order valence-electron chi connectivity index (χ0n) is 14.1. The van der Waals surface area contributed by atoms with Gasteiger partial charge in [0, 0.05) is 24.3 Å². The molecule has 1 fully saturated rings. The summed E-state index contributed by atoms with van der Waals surface area (Å²) in [6.45, 7) is 0.467. The highest BCUT2D eigenvalue weighted by molar-refractivity contribution is 5.97. The Kier molecular flexibility index (Phi) is 5.17. The third-order valence-electron chi connectivity index (χ3n) is 4.05. The molecule has 0 spiro atoms. The second-order valence-electron chi connectivity index (χ2n) is 5.89. The molecule has 0 unspecified atom stereocenters. The molecular formula is C19H19N3O4. The molecular weight excluding hydrogens is 334 g/mol. The van der Waals surface area contributed by atoms with Gasteiger partial charge < -0.3 is 20.7 Å². The third kappa shape index (κ3) is 4.00. The van der Waals surface area contributed by atoms with Gasteiger partial charge in [-0.3, -0.25) is 14.4 Å². The number of hydrogen-bond acceptors (Lipinski definition) is 4. The number of nitrogens with two attached hydrogens (primary N) is 1. The molecule has 1 heterocycles. The maximum atomic E-state index is 12.0. The fraction of sp³-hybridized carbons (Fsp3) is 0.211. The van der Waals surface area contributed by atoms with Gasteiger partial charge >= 0.3 is 0 Å². The Hall–Kier alpha value is -3.35. The van der Waals surface area contributed by atoms with Crippen molar-refractivity contribution in [3.63, 3.8) is 0 Å². The molecule has 1 aliphatic heterocycles. The van der Waals surface area contributed by atoms with Crippen LogP contribution in [0.5, 0.6) is 5.75 Å². The van der Waals surface area contributed by atoms with Crippen molar-refractivity contribution in [2.24, 2.45) is 5.73 Å². The van der Waals surface area contributed by atoms with Crippen LogP contribution in [0.3, 0.4) is 0 Å². The fourth-order valence-corrected chi connectivity index (χ4v) is 2.78. The van der Waals surface area contributed by atoms with Crippen molar-refractivity contribution in [1.82, 2.24) is 0 Å². The summed E-state index contributed by atoms with van der Waals surface area (Å²) in [6.07, 6.45) is 1.43. The van der Waals surface area contributed by atoms with Crippen molar-refractivity contribution in [2.75, 3.05) is 23.4 Å². The van der Waals surface area contributed by atoms with Crippen LogP contribution in [-0.4, -0.2) is 30.9 Å². The van der Waals surface area contributed by atoms with E-state index in [4.69, 9.17) is 10.5 Å². The lowest BCUT2D eigenvalue weighted by atomic mass is 10.2. The van der Waals surface area contributed by atoms with E-state index in [-0.39, 0.29) is 29.7 Å². The fourth-order valence-electron chi connectivity index (χ4n) is 2.78. The standard InChI is InChI=1S/C19H19N3O4/c20-19(25)15-4-1-2-5-16(15)26-12-17(23)21-13-7-9-14(10-8-13)22-11-3-6-18(22)24/h1-2,4-5,7-10H,3,6,11-12H2,(H2,20,25)(H,21,23). The summed E-state index contributed by atoms with van der Waals surface area (Å²) >= 11 is 0. The minimum Gasteiger partial charge on any atom is -0.483 e. The van der Waals surface area contributed by atoms with E-state index in [1.165, 1.54) is 6.07 Å². The number of para-hydroxylation sites is 1. The van der Waals surface area contributed by atoms with Gasteiger partial charge in [0.2, 0.25) is 5.91 Å². The van der Waals surface area contributed by atoms with Gasteiger partial charge in [0.25, 0.3) is 11.8 Å². The molecule has 3 N–H and O–H groups in total. The van der Waals surface area contributed by atoms with Crippen LogP contribution in [0.1, 0.15) is 23.2 Å². The van der Waals surface area contributed by atoms with E-state index in [0.29, 0.717) is 12.1 Å². The SMILES string of the molecule is NC(=O)c1ccccc1OCC(=O)Nc1ccc(N2CCCC2=O)cc1. The number of nitrogens with one attached hydrogen (secondary N) is 1. The predicted molar refractivity (Wildman–Crippen MR) is 97.1 cm³/mol. The maximum absolute atomic E-state index is 12.0. The first-order valence-electron chi connectivity index (χ1n) is 8.26. The van der Waals surface area contributed by atoms with E-state index in [0.717, 1.165) is 18.7 Å². The molecule has 2 aromatic rings. The first-order valence-corrected chi connectivity index (χ1v) is 8.26. The average Bonchev–Trinajstić information content (AvgIpc) is 3.07. The van der Waals surface area contributed by atoms with Crippen LogP contribution in [0.2, 0.25) is 0 Å². The van der Waals surface area contributed by atoms with E-state index >= 15 is 0 Å². The molecule has 3 amide bonds. The molecule has 3 rings (SSSR count). The Balaban J connectivity index is 1.57. The van der Waals surface area contributed by atoms with Gasteiger partial charge in [0.1, 0.15) is 5.75 Å². The lowest BCUT2D eigenvalue weighted by Crippen LogP contribution is -2.24. The van der Waals surface area contributed by atoms with Gasteiger partial charge in [0.15, 0.2) is 6.61 Å². The number of hydrogen-bond donors (Lipinski definition) is 2. The van der Waals surface area contributed by atoms with Crippen LogP contribution < -0.4 is 20.7 Å². The lowest BCUT2D eigenvalue weighted by Gasteiger charge is -2.16. The quantitative estimate of drug-likeness (QED) is 0.828. The number of carbonyl (C=O) groups excluding carboxylic acids is 3. The molecule has 0 aliphatic carbocycles. The van der Waals surface area contributed by atoms with Gasteiger partial charge in [-0.15, -0.1) is 0 Å². The van der Waals surface area contributed by atoms with Crippen LogP contribution >= 0.6 is 0 Å². The van der Waals surface area contributed by atoms with Crippen molar-refractivity contribution in [3.8, 4) is 5.75 Å². The Morgan fingerprint density at radius 3 is 2.50 bits per heavy atom. The summed E-state index contributed by atoms with van der Waals surface area (Å²) in [5.41, 5.74) is 6.91. The predicted octanol–water partition coefficient (Wildman–Crippen LogP) is 1.93. The average molecular weight is 353 g/mol. The summed E-state index contributed by atoms with van der Waals surface area (Å²) < 4.78 is 5.39. The number of benzene rings is 2. The Labute approximate surface area is 150 Å². The number of carbonyl (C=O) groups is 3. The molecule has 7 nitrogen and oxygen atoms in total. The number of primary amides is 1. The Morgan fingerprint density at radius 1 is 1.12 bits per heavy atom. The minimum atomic E-state index is -0.618. The highest BCUT2D eigenvalue weighted by Gasteiger charge is 2.21. The molecule has 7 heteroatoms. The molecule has 0 bridgehead atoms. The number of ether oxygens (including phenoxy) is 1. The Bertz CT molecular complexity index is 833. The molecule has 0 saturated carbocycles.